The maximum atomic E-state index is 13.1. The van der Waals surface area contributed by atoms with Crippen molar-refractivity contribution in [1.82, 2.24) is 14.7 Å². The largest absolute Gasteiger partial charge is 0.336 e. The first-order valence-electron chi connectivity index (χ1n) is 9.41. The molecule has 0 atom stereocenters. The van der Waals surface area contributed by atoms with E-state index in [1.165, 1.54) is 0 Å². The predicted molar refractivity (Wildman–Crippen MR) is 109 cm³/mol. The summed E-state index contributed by atoms with van der Waals surface area (Å²) in [6.45, 7) is 8.77. The SMILES string of the molecule is Cc1nn(-c2ccccc2)c(C)c1CC(=O)N(Cc1ccccc1)C(C)C. The minimum absolute atomic E-state index is 0.132. The summed E-state index contributed by atoms with van der Waals surface area (Å²) in [6, 6.07) is 20.3. The maximum Gasteiger partial charge on any atom is 0.227 e. The fourth-order valence-electron chi connectivity index (χ4n) is 3.34. The van der Waals surface area contributed by atoms with E-state index in [0.717, 1.165) is 28.2 Å². The lowest BCUT2D eigenvalue weighted by molar-refractivity contribution is -0.132. The number of nitrogens with zero attached hydrogens (tertiary/aromatic N) is 3. The second kappa shape index (κ2) is 8.21. The van der Waals surface area contributed by atoms with Gasteiger partial charge >= 0.3 is 0 Å². The van der Waals surface area contributed by atoms with Crippen molar-refractivity contribution in [2.75, 3.05) is 0 Å². The first-order valence-corrected chi connectivity index (χ1v) is 9.41. The van der Waals surface area contributed by atoms with Crippen molar-refractivity contribution in [3.63, 3.8) is 0 Å². The Morgan fingerprint density at radius 1 is 1.00 bits per heavy atom. The molecule has 0 aliphatic heterocycles. The van der Waals surface area contributed by atoms with E-state index in [2.05, 4.69) is 31.1 Å². The quantitative estimate of drug-likeness (QED) is 0.650. The van der Waals surface area contributed by atoms with Gasteiger partial charge in [0.05, 0.1) is 17.8 Å². The third kappa shape index (κ3) is 4.27. The molecule has 1 aromatic heterocycles. The smallest absolute Gasteiger partial charge is 0.227 e. The number of benzene rings is 2. The van der Waals surface area contributed by atoms with Crippen molar-refractivity contribution in [2.24, 2.45) is 0 Å². The van der Waals surface area contributed by atoms with Gasteiger partial charge in [-0.1, -0.05) is 48.5 Å². The van der Waals surface area contributed by atoms with E-state index in [9.17, 15) is 4.79 Å². The third-order valence-electron chi connectivity index (χ3n) is 4.91. The van der Waals surface area contributed by atoms with Crippen LogP contribution in [-0.4, -0.2) is 26.6 Å². The van der Waals surface area contributed by atoms with Gasteiger partial charge in [-0.2, -0.15) is 5.10 Å². The molecule has 3 aromatic rings. The molecule has 0 saturated heterocycles. The minimum atomic E-state index is 0.132. The van der Waals surface area contributed by atoms with Gasteiger partial charge < -0.3 is 4.90 Å². The van der Waals surface area contributed by atoms with Crippen LogP contribution in [0.25, 0.3) is 5.69 Å². The number of rotatable bonds is 6. The zero-order valence-corrected chi connectivity index (χ0v) is 16.5. The average Bonchev–Trinajstić information content (AvgIpc) is 2.95. The van der Waals surface area contributed by atoms with E-state index in [-0.39, 0.29) is 11.9 Å². The van der Waals surface area contributed by atoms with Crippen molar-refractivity contribution < 1.29 is 4.79 Å². The topological polar surface area (TPSA) is 38.1 Å². The van der Waals surface area contributed by atoms with Crippen LogP contribution in [0.3, 0.4) is 0 Å². The molecule has 2 aromatic carbocycles. The molecule has 0 unspecified atom stereocenters. The van der Waals surface area contributed by atoms with Crippen molar-refractivity contribution in [1.29, 1.82) is 0 Å². The summed E-state index contributed by atoms with van der Waals surface area (Å²) in [5.74, 6) is 0.132. The van der Waals surface area contributed by atoms with E-state index < -0.39 is 0 Å². The Labute approximate surface area is 161 Å². The molecule has 0 spiro atoms. The highest BCUT2D eigenvalue weighted by Crippen LogP contribution is 2.20. The van der Waals surface area contributed by atoms with Gasteiger partial charge in [-0.3, -0.25) is 4.79 Å². The Morgan fingerprint density at radius 3 is 2.19 bits per heavy atom. The maximum absolute atomic E-state index is 13.1. The van der Waals surface area contributed by atoms with Crippen molar-refractivity contribution in [3.05, 3.63) is 83.2 Å². The summed E-state index contributed by atoms with van der Waals surface area (Å²) in [5.41, 5.74) is 5.11. The standard InChI is InChI=1S/C23H27N3O/c1-17(2)25(16-20-11-7-5-8-12-20)23(27)15-22-18(3)24-26(19(22)4)21-13-9-6-10-14-21/h5-14,17H,15-16H2,1-4H3. The molecule has 0 aliphatic carbocycles. The van der Waals surface area contributed by atoms with E-state index in [4.69, 9.17) is 0 Å². The summed E-state index contributed by atoms with van der Waals surface area (Å²) in [5, 5.41) is 4.67. The van der Waals surface area contributed by atoms with Crippen LogP contribution in [0.5, 0.6) is 0 Å². The fraction of sp³-hybridized carbons (Fsp3) is 0.304. The Bertz CT molecular complexity index is 898. The van der Waals surface area contributed by atoms with Crippen molar-refractivity contribution in [3.8, 4) is 5.69 Å². The molecule has 0 N–H and O–H groups in total. The second-order valence-corrected chi connectivity index (χ2v) is 7.17. The van der Waals surface area contributed by atoms with Gasteiger partial charge in [-0.15, -0.1) is 0 Å². The summed E-state index contributed by atoms with van der Waals surface area (Å²) < 4.78 is 1.93. The normalized spacial score (nSPS) is 11.0. The lowest BCUT2D eigenvalue weighted by atomic mass is 10.1. The summed E-state index contributed by atoms with van der Waals surface area (Å²) in [4.78, 5) is 15.0. The molecule has 27 heavy (non-hydrogen) atoms. The van der Waals surface area contributed by atoms with Crippen LogP contribution in [0.2, 0.25) is 0 Å². The van der Waals surface area contributed by atoms with Crippen molar-refractivity contribution in [2.45, 2.75) is 46.7 Å². The highest BCUT2D eigenvalue weighted by molar-refractivity contribution is 5.79. The molecule has 1 heterocycles. The number of carbonyl (C=O) groups is 1. The minimum Gasteiger partial charge on any atom is -0.336 e. The second-order valence-electron chi connectivity index (χ2n) is 7.17. The first kappa shape index (κ1) is 18.9. The molecule has 0 saturated carbocycles. The van der Waals surface area contributed by atoms with E-state index in [0.29, 0.717) is 13.0 Å². The molecule has 0 radical (unpaired) electrons. The van der Waals surface area contributed by atoms with Gasteiger partial charge in [0.15, 0.2) is 0 Å². The van der Waals surface area contributed by atoms with Crippen LogP contribution in [-0.2, 0) is 17.8 Å². The average molecular weight is 361 g/mol. The number of hydrogen-bond donors (Lipinski definition) is 0. The van der Waals surface area contributed by atoms with Crippen LogP contribution >= 0.6 is 0 Å². The Morgan fingerprint density at radius 2 is 1.59 bits per heavy atom. The molecule has 140 valence electrons. The summed E-state index contributed by atoms with van der Waals surface area (Å²) in [7, 11) is 0. The van der Waals surface area contributed by atoms with Gasteiger partial charge in [-0.25, -0.2) is 4.68 Å². The Balaban J connectivity index is 1.83. The number of aromatic nitrogens is 2. The van der Waals surface area contributed by atoms with Gasteiger partial charge in [0.25, 0.3) is 0 Å². The Hall–Kier alpha value is -2.88. The molecule has 4 heteroatoms. The van der Waals surface area contributed by atoms with Crippen LogP contribution in [0.1, 0.15) is 36.4 Å². The number of aryl methyl sites for hydroxylation is 1. The Kier molecular flexibility index (Phi) is 5.75. The zero-order chi connectivity index (χ0) is 19.4. The third-order valence-corrected chi connectivity index (χ3v) is 4.91. The highest BCUT2D eigenvalue weighted by Gasteiger charge is 2.22. The fourth-order valence-corrected chi connectivity index (χ4v) is 3.34. The van der Waals surface area contributed by atoms with Crippen LogP contribution in [0.4, 0.5) is 0 Å². The zero-order valence-electron chi connectivity index (χ0n) is 16.5. The predicted octanol–water partition coefficient (Wildman–Crippen LogP) is 4.47. The van der Waals surface area contributed by atoms with Crippen LogP contribution < -0.4 is 0 Å². The number of amides is 1. The van der Waals surface area contributed by atoms with Gasteiger partial charge in [0.1, 0.15) is 0 Å². The molecule has 0 bridgehead atoms. The van der Waals surface area contributed by atoms with Gasteiger partial charge in [0.2, 0.25) is 5.91 Å². The number of carbonyl (C=O) groups excluding carboxylic acids is 1. The van der Waals surface area contributed by atoms with E-state index in [1.807, 2.05) is 72.0 Å². The monoisotopic (exact) mass is 361 g/mol. The summed E-state index contributed by atoms with van der Waals surface area (Å²) in [6.07, 6.45) is 0.371. The molecular formula is C23H27N3O. The first-order chi connectivity index (χ1) is 13.0. The van der Waals surface area contributed by atoms with E-state index in [1.54, 1.807) is 0 Å². The van der Waals surface area contributed by atoms with Gasteiger partial charge in [0, 0.05) is 23.8 Å². The van der Waals surface area contributed by atoms with Gasteiger partial charge in [-0.05, 0) is 45.4 Å². The van der Waals surface area contributed by atoms with Crippen molar-refractivity contribution >= 4 is 5.91 Å². The summed E-state index contributed by atoms with van der Waals surface area (Å²) >= 11 is 0. The number of hydrogen-bond acceptors (Lipinski definition) is 2. The molecular weight excluding hydrogens is 334 g/mol. The van der Waals surface area contributed by atoms with E-state index >= 15 is 0 Å². The molecule has 3 rings (SSSR count). The molecule has 0 aliphatic rings. The highest BCUT2D eigenvalue weighted by atomic mass is 16.2. The molecule has 1 amide bonds. The van der Waals surface area contributed by atoms with Crippen LogP contribution in [0, 0.1) is 13.8 Å². The molecule has 0 fully saturated rings. The van der Waals surface area contributed by atoms with Crippen LogP contribution in [0.15, 0.2) is 60.7 Å². The lowest BCUT2D eigenvalue weighted by Crippen LogP contribution is -2.37. The lowest BCUT2D eigenvalue weighted by Gasteiger charge is -2.27. The number of para-hydroxylation sites is 1. The molecule has 4 nitrogen and oxygen atoms in total.